The van der Waals surface area contributed by atoms with E-state index in [1.54, 1.807) is 0 Å². The van der Waals surface area contributed by atoms with Crippen LogP contribution in [0.25, 0.3) is 0 Å². The van der Waals surface area contributed by atoms with Gasteiger partial charge in [-0.25, -0.2) is 0 Å². The third-order valence-corrected chi connectivity index (χ3v) is 19.0. The van der Waals surface area contributed by atoms with E-state index >= 15 is 0 Å². The second-order valence-electron chi connectivity index (χ2n) is 21.6. The fraction of sp³-hybridized carbons (Fsp3) is 0.213. The van der Waals surface area contributed by atoms with E-state index in [0.29, 0.717) is 0 Å². The number of hydrogen-bond donors (Lipinski definition) is 0. The van der Waals surface area contributed by atoms with Crippen LogP contribution in [-0.4, -0.2) is 14.8 Å². The van der Waals surface area contributed by atoms with Crippen LogP contribution in [0.5, 0.6) is 0 Å². The number of anilines is 6. The molecule has 65 heavy (non-hydrogen) atoms. The van der Waals surface area contributed by atoms with Crippen LogP contribution in [0.2, 0.25) is 0 Å². The lowest BCUT2D eigenvalue weighted by Crippen LogP contribution is -2.87. The number of rotatable bonds is 6. The van der Waals surface area contributed by atoms with Crippen LogP contribution in [0.15, 0.2) is 188 Å². The molecule has 322 valence electrons. The van der Waals surface area contributed by atoms with Crippen LogP contribution in [0.3, 0.4) is 0 Å². The van der Waals surface area contributed by atoms with E-state index in [0.717, 1.165) is 17.1 Å². The highest BCUT2D eigenvalue weighted by molar-refractivity contribution is 7.26. The van der Waals surface area contributed by atoms with Crippen LogP contribution in [0, 0.1) is 6.92 Å². The molecule has 0 atom stereocenters. The van der Waals surface area contributed by atoms with Gasteiger partial charge in [-0.3, -0.25) is 0 Å². The van der Waals surface area contributed by atoms with E-state index in [2.05, 4.69) is 267 Å². The molecule has 8 aromatic rings. The Balaban J connectivity index is 1.28. The third-order valence-electron chi connectivity index (χ3n) is 14.1. The summed E-state index contributed by atoms with van der Waals surface area (Å²) < 4.78 is 0. The summed E-state index contributed by atoms with van der Waals surface area (Å²) >= 11 is 0. The minimum Gasteiger partial charge on any atom is -0.312 e. The lowest BCUT2D eigenvalue weighted by molar-refractivity contribution is 0.590. The molecule has 0 fully saturated rings. The lowest BCUT2D eigenvalue weighted by Gasteiger charge is -2.47. The van der Waals surface area contributed by atoms with Gasteiger partial charge < -0.3 is 9.80 Å². The lowest BCUT2D eigenvalue weighted by atomic mass is 9.34. The Hall–Kier alpha value is -6.36. The Morgan fingerprint density at radius 2 is 0.877 bits per heavy atom. The Morgan fingerprint density at radius 1 is 0.415 bits per heavy atom. The van der Waals surface area contributed by atoms with E-state index in [-0.39, 0.29) is 23.0 Å². The Morgan fingerprint density at radius 3 is 1.38 bits per heavy atom. The highest BCUT2D eigenvalue weighted by Gasteiger charge is 2.53. The molecule has 0 N–H and O–H groups in total. The van der Waals surface area contributed by atoms with Crippen molar-refractivity contribution in [2.45, 2.75) is 85.5 Å². The van der Waals surface area contributed by atoms with Crippen molar-refractivity contribution in [3.05, 3.63) is 210 Å². The molecular formula is C61H61BN2Si. The van der Waals surface area contributed by atoms with Gasteiger partial charge in [0.2, 0.25) is 6.71 Å². The zero-order valence-corrected chi connectivity index (χ0v) is 40.9. The normalized spacial score (nSPS) is 14.1. The summed E-state index contributed by atoms with van der Waals surface area (Å²) in [6, 6.07) is 72.5. The first kappa shape index (κ1) is 42.6. The van der Waals surface area contributed by atoms with Gasteiger partial charge in [0.15, 0.2) is 8.07 Å². The summed E-state index contributed by atoms with van der Waals surface area (Å²) in [6.07, 6.45) is 0. The summed E-state index contributed by atoms with van der Waals surface area (Å²) in [7, 11) is -2.87. The Labute approximate surface area is 389 Å². The molecule has 0 unspecified atom stereocenters. The molecule has 0 amide bonds. The van der Waals surface area contributed by atoms with Gasteiger partial charge in [-0.05, 0) is 138 Å². The Bertz CT molecular complexity index is 2930. The second-order valence-corrected chi connectivity index (χ2v) is 25.3. The van der Waals surface area contributed by atoms with Crippen molar-refractivity contribution in [1.29, 1.82) is 0 Å². The summed E-state index contributed by atoms with van der Waals surface area (Å²) in [5, 5.41) is 5.77. The molecular weight excluding hydrogens is 800 g/mol. The molecule has 0 aliphatic carbocycles. The minimum atomic E-state index is -2.87. The largest absolute Gasteiger partial charge is 0.312 e. The van der Waals surface area contributed by atoms with E-state index in [1.165, 1.54) is 76.5 Å². The van der Waals surface area contributed by atoms with E-state index in [9.17, 15) is 0 Å². The molecule has 0 saturated carbocycles. The van der Waals surface area contributed by atoms with Crippen molar-refractivity contribution in [1.82, 2.24) is 0 Å². The summed E-state index contributed by atoms with van der Waals surface area (Å²) in [4.78, 5) is 5.05. The van der Waals surface area contributed by atoms with Crippen LogP contribution < -0.4 is 46.9 Å². The van der Waals surface area contributed by atoms with Gasteiger partial charge >= 0.3 is 0 Å². The predicted molar refractivity (Wildman–Crippen MR) is 285 cm³/mol. The first-order chi connectivity index (χ1) is 31.0. The maximum atomic E-state index is 2.58. The maximum Gasteiger partial charge on any atom is 0.246 e. The number of nitrogens with zero attached hydrogens (tertiary/aromatic N) is 2. The smallest absolute Gasteiger partial charge is 0.246 e. The van der Waals surface area contributed by atoms with Gasteiger partial charge in [0.05, 0.1) is 0 Å². The van der Waals surface area contributed by atoms with Crippen LogP contribution >= 0.6 is 0 Å². The average molecular weight is 861 g/mol. The van der Waals surface area contributed by atoms with Crippen LogP contribution in [-0.2, 0) is 16.2 Å². The average Bonchev–Trinajstić information content (AvgIpc) is 3.29. The quantitative estimate of drug-likeness (QED) is 0.154. The van der Waals surface area contributed by atoms with Crippen molar-refractivity contribution in [2.24, 2.45) is 0 Å². The van der Waals surface area contributed by atoms with Crippen LogP contribution in [0.1, 0.15) is 84.6 Å². The van der Waals surface area contributed by atoms with Crippen molar-refractivity contribution >= 4 is 86.0 Å². The molecule has 0 spiro atoms. The van der Waals surface area contributed by atoms with Gasteiger partial charge in [0, 0.05) is 34.1 Å². The van der Waals surface area contributed by atoms with Gasteiger partial charge in [0.1, 0.15) is 0 Å². The predicted octanol–water partition coefficient (Wildman–Crippen LogP) is 11.3. The molecule has 0 saturated heterocycles. The van der Waals surface area contributed by atoms with Crippen molar-refractivity contribution in [3.63, 3.8) is 0 Å². The van der Waals surface area contributed by atoms with Crippen molar-refractivity contribution < 1.29 is 0 Å². The fourth-order valence-electron chi connectivity index (χ4n) is 10.8. The second kappa shape index (κ2) is 15.7. The zero-order chi connectivity index (χ0) is 45.5. The molecule has 2 aliphatic heterocycles. The number of benzene rings is 8. The van der Waals surface area contributed by atoms with Crippen molar-refractivity contribution in [3.8, 4) is 0 Å². The molecule has 2 nitrogen and oxygen atoms in total. The molecule has 0 aromatic heterocycles. The highest BCUT2D eigenvalue weighted by Crippen LogP contribution is 2.42. The number of aryl methyl sites for hydroxylation is 1. The zero-order valence-electron chi connectivity index (χ0n) is 39.9. The van der Waals surface area contributed by atoms with Gasteiger partial charge in [-0.1, -0.05) is 195 Å². The van der Waals surface area contributed by atoms with Gasteiger partial charge in [-0.2, -0.15) is 0 Å². The summed E-state index contributed by atoms with van der Waals surface area (Å²) in [5.74, 6) is 0. The molecule has 10 rings (SSSR count). The molecule has 8 aromatic carbocycles. The van der Waals surface area contributed by atoms with Crippen LogP contribution in [0.4, 0.5) is 34.1 Å². The monoisotopic (exact) mass is 860 g/mol. The van der Waals surface area contributed by atoms with Crippen molar-refractivity contribution in [2.75, 3.05) is 9.80 Å². The summed E-state index contributed by atoms with van der Waals surface area (Å²) in [5.41, 5.74) is 16.7. The molecule has 4 heteroatoms. The minimum absolute atomic E-state index is 0.0123. The van der Waals surface area contributed by atoms with Gasteiger partial charge in [-0.15, -0.1) is 0 Å². The van der Waals surface area contributed by atoms with Gasteiger partial charge in [0.25, 0.3) is 0 Å². The topological polar surface area (TPSA) is 6.48 Å². The standard InChI is InChI=1S/C61H61BN2Si/c1-42-39-55-58-57(40-42)65(50-19-13-11-14-20-50,51-21-15-12-16-22-51)56-24-18-17-23-52(56)62(58)53-41-49(37-38-54(53)64(55)48-35-29-45(30-36-48)61(8,9)10)63(46-31-25-43(26-32-46)59(2,3)4)47-33-27-44(28-34-47)60(5,6)7/h11-41H,1-10H3. The summed E-state index contributed by atoms with van der Waals surface area (Å²) in [6.45, 7) is 23.0. The molecule has 2 heterocycles. The number of fused-ring (bicyclic) bond motifs is 4. The SMILES string of the molecule is Cc1cc2c3c(c1)[Si](c1ccccc1)(c1ccccc1)c1ccccc1B3c1cc(N(c3ccc(C(C)(C)C)cc3)c3ccc(C(C)(C)C)cc3)ccc1N2c1ccc(C(C)(C)C)cc1. The third kappa shape index (κ3) is 7.18. The number of hydrogen-bond acceptors (Lipinski definition) is 2. The van der Waals surface area contributed by atoms with E-state index in [4.69, 9.17) is 0 Å². The van der Waals surface area contributed by atoms with E-state index < -0.39 is 8.07 Å². The maximum absolute atomic E-state index is 2.87. The molecule has 0 bridgehead atoms. The first-order valence-electron chi connectivity index (χ1n) is 23.5. The molecule has 0 radical (unpaired) electrons. The first-order valence-corrected chi connectivity index (χ1v) is 25.5. The molecule has 2 aliphatic rings. The fourth-order valence-corrected chi connectivity index (χ4v) is 16.1. The Kier molecular flexibility index (Phi) is 10.3. The van der Waals surface area contributed by atoms with E-state index in [1.807, 2.05) is 0 Å². The highest BCUT2D eigenvalue weighted by atomic mass is 28.3.